The third-order valence-corrected chi connectivity index (χ3v) is 9.51. The fourth-order valence-corrected chi connectivity index (χ4v) is 7.10. The molecule has 1 heterocycles. The summed E-state index contributed by atoms with van der Waals surface area (Å²) in [6.45, 7) is 4.18. The highest BCUT2D eigenvalue weighted by atomic mass is 16.6. The van der Waals surface area contributed by atoms with E-state index in [4.69, 9.17) is 29.4 Å². The molecule has 1 aromatic heterocycles. The molecule has 1 fully saturated rings. The number of nitrogens with two attached hydrogens (primary N) is 1. The van der Waals surface area contributed by atoms with Crippen molar-refractivity contribution in [2.24, 2.45) is 5.73 Å². The lowest BCUT2D eigenvalue weighted by molar-refractivity contribution is -0.321. The first-order valence-corrected chi connectivity index (χ1v) is 17.8. The number of unbranched alkanes of at least 4 members (excludes halogenated alkanes) is 2. The van der Waals surface area contributed by atoms with E-state index in [1.807, 2.05) is 128 Å². The first kappa shape index (κ1) is 35.9. The highest BCUT2D eigenvalue weighted by molar-refractivity contribution is 5.84. The number of ether oxygens (including phenoxy) is 5. The lowest BCUT2D eigenvalue weighted by Gasteiger charge is -2.55. The molecule has 50 heavy (non-hydrogen) atoms. The van der Waals surface area contributed by atoms with E-state index >= 15 is 0 Å². The maximum Gasteiger partial charge on any atom is 0.152 e. The van der Waals surface area contributed by atoms with Crippen LogP contribution in [0, 0.1) is 0 Å². The van der Waals surface area contributed by atoms with Crippen molar-refractivity contribution in [3.8, 4) is 0 Å². The van der Waals surface area contributed by atoms with Crippen LogP contribution in [0.5, 0.6) is 0 Å². The van der Waals surface area contributed by atoms with Gasteiger partial charge in [0.1, 0.15) is 30.5 Å². The molecule has 1 aliphatic carbocycles. The first-order chi connectivity index (χ1) is 24.7. The van der Waals surface area contributed by atoms with Crippen molar-refractivity contribution in [2.45, 2.75) is 82.1 Å². The lowest BCUT2D eigenvalue weighted by atomic mass is 9.70. The molecule has 4 aromatic carbocycles. The van der Waals surface area contributed by atoms with Crippen LogP contribution in [0.2, 0.25) is 0 Å². The van der Waals surface area contributed by atoms with Crippen molar-refractivity contribution in [3.05, 3.63) is 144 Å². The quantitative estimate of drug-likeness (QED) is 0.0854. The summed E-state index contributed by atoms with van der Waals surface area (Å²) in [6, 6.07) is 38.2. The van der Waals surface area contributed by atoms with E-state index < -0.39 is 36.1 Å². The molecule has 0 aliphatic heterocycles. The second-order valence-corrected chi connectivity index (χ2v) is 12.8. The Balaban J connectivity index is 1.48. The maximum absolute atomic E-state index is 12.9. The highest BCUT2D eigenvalue weighted by Gasteiger charge is 2.64. The Morgan fingerprint density at radius 1 is 0.640 bits per heavy atom. The third-order valence-electron chi connectivity index (χ3n) is 9.51. The summed E-state index contributed by atoms with van der Waals surface area (Å²) in [7, 11) is 0. The summed E-state index contributed by atoms with van der Waals surface area (Å²) in [4.78, 5) is 3.42. The zero-order chi connectivity index (χ0) is 34.6. The molecular weight excluding hydrogens is 628 g/mol. The smallest absolute Gasteiger partial charge is 0.152 e. The minimum atomic E-state index is -1.39. The minimum Gasteiger partial charge on any atom is -0.387 e. The van der Waals surface area contributed by atoms with E-state index in [0.29, 0.717) is 33.0 Å². The first-order valence-electron chi connectivity index (χ1n) is 17.8. The average Bonchev–Trinajstić information content (AvgIpc) is 3.60. The second-order valence-electron chi connectivity index (χ2n) is 12.8. The van der Waals surface area contributed by atoms with Crippen molar-refractivity contribution in [2.75, 3.05) is 19.8 Å². The summed E-state index contributed by atoms with van der Waals surface area (Å²) in [5.41, 5.74) is 9.13. The zero-order valence-electron chi connectivity index (χ0n) is 28.9. The number of benzene rings is 4. The molecule has 0 radical (unpaired) electrons. The molecule has 6 atom stereocenters. The molecule has 0 bridgehead atoms. The number of para-hydroxylation sites is 1. The number of H-pyrrole nitrogens is 1. The molecule has 8 heteroatoms. The number of rotatable bonds is 18. The van der Waals surface area contributed by atoms with Crippen LogP contribution in [0.25, 0.3) is 10.9 Å². The van der Waals surface area contributed by atoms with Crippen molar-refractivity contribution in [1.82, 2.24) is 4.98 Å². The fraction of sp³-hybridized carbons (Fsp3) is 0.381. The van der Waals surface area contributed by atoms with Crippen LogP contribution in [0.15, 0.2) is 121 Å². The van der Waals surface area contributed by atoms with E-state index in [-0.39, 0.29) is 6.61 Å². The summed E-state index contributed by atoms with van der Waals surface area (Å²) >= 11 is 0. The second kappa shape index (κ2) is 17.9. The Bertz CT molecular complexity index is 1700. The van der Waals surface area contributed by atoms with Gasteiger partial charge in [-0.1, -0.05) is 109 Å². The van der Waals surface area contributed by atoms with Crippen LogP contribution >= 0.6 is 0 Å². The molecule has 6 rings (SSSR count). The number of nitrogens with one attached hydrogen (secondary N) is 1. The number of hydrogen-bond acceptors (Lipinski definition) is 7. The van der Waals surface area contributed by atoms with Crippen LogP contribution in [0.3, 0.4) is 0 Å². The molecular formula is C42H50N2O6. The van der Waals surface area contributed by atoms with Crippen LogP contribution in [0.4, 0.5) is 0 Å². The SMILES string of the molecule is CCOC1(c2c[nH]c3ccccc23)C(O)C(OCCCCCN)C(OCc2ccccc2)C(OCc2ccccc2)C1OCc1ccccc1. The number of aliphatic hydroxyl groups excluding tert-OH is 1. The Kier molecular flexibility index (Phi) is 12.9. The normalized spacial score (nSPS) is 23.7. The van der Waals surface area contributed by atoms with Gasteiger partial charge in [-0.25, -0.2) is 0 Å². The Morgan fingerprint density at radius 3 is 1.80 bits per heavy atom. The number of aliphatic hydroxyl groups is 1. The summed E-state index contributed by atoms with van der Waals surface area (Å²) < 4.78 is 34.4. The maximum atomic E-state index is 12.9. The van der Waals surface area contributed by atoms with Gasteiger partial charge in [-0.2, -0.15) is 0 Å². The molecule has 5 aromatic rings. The van der Waals surface area contributed by atoms with E-state index in [1.54, 1.807) is 0 Å². The van der Waals surface area contributed by atoms with Gasteiger partial charge in [0.05, 0.1) is 19.8 Å². The van der Waals surface area contributed by atoms with Gasteiger partial charge in [0.25, 0.3) is 0 Å². The van der Waals surface area contributed by atoms with Crippen LogP contribution in [-0.2, 0) is 49.1 Å². The molecule has 0 spiro atoms. The Morgan fingerprint density at radius 2 is 1.20 bits per heavy atom. The van der Waals surface area contributed by atoms with E-state index in [9.17, 15) is 5.11 Å². The molecule has 0 saturated heterocycles. The minimum absolute atomic E-state index is 0.274. The van der Waals surface area contributed by atoms with E-state index in [2.05, 4.69) is 4.98 Å². The van der Waals surface area contributed by atoms with Crippen molar-refractivity contribution >= 4 is 10.9 Å². The van der Waals surface area contributed by atoms with Crippen molar-refractivity contribution in [1.29, 1.82) is 0 Å². The van der Waals surface area contributed by atoms with Crippen LogP contribution in [0.1, 0.15) is 48.4 Å². The number of fused-ring (bicyclic) bond motifs is 1. The molecule has 0 amide bonds. The summed E-state index contributed by atoms with van der Waals surface area (Å²) in [6.07, 6.45) is 0.334. The number of aromatic amines is 1. The van der Waals surface area contributed by atoms with E-state index in [1.165, 1.54) is 0 Å². The van der Waals surface area contributed by atoms with Gasteiger partial charge >= 0.3 is 0 Å². The Labute approximate surface area is 295 Å². The van der Waals surface area contributed by atoms with Crippen LogP contribution < -0.4 is 5.73 Å². The average molecular weight is 679 g/mol. The van der Waals surface area contributed by atoms with Gasteiger partial charge in [-0.05, 0) is 55.5 Å². The Hall–Kier alpha value is -3.86. The fourth-order valence-electron chi connectivity index (χ4n) is 7.10. The van der Waals surface area contributed by atoms with Gasteiger partial charge in [-0.15, -0.1) is 0 Å². The lowest BCUT2D eigenvalue weighted by Crippen LogP contribution is -2.71. The summed E-state index contributed by atoms with van der Waals surface area (Å²) in [5, 5.41) is 13.8. The highest BCUT2D eigenvalue weighted by Crippen LogP contribution is 2.48. The monoisotopic (exact) mass is 678 g/mol. The van der Waals surface area contributed by atoms with Gasteiger partial charge < -0.3 is 39.5 Å². The zero-order valence-corrected chi connectivity index (χ0v) is 28.9. The van der Waals surface area contributed by atoms with Gasteiger partial charge in [-0.3, -0.25) is 0 Å². The molecule has 1 saturated carbocycles. The molecule has 4 N–H and O–H groups in total. The molecule has 1 aliphatic rings. The predicted molar refractivity (Wildman–Crippen MR) is 195 cm³/mol. The third kappa shape index (κ3) is 8.19. The van der Waals surface area contributed by atoms with Crippen molar-refractivity contribution in [3.63, 3.8) is 0 Å². The summed E-state index contributed by atoms with van der Waals surface area (Å²) in [5.74, 6) is 0. The van der Waals surface area contributed by atoms with E-state index in [0.717, 1.165) is 52.4 Å². The predicted octanol–water partition coefficient (Wildman–Crippen LogP) is 7.04. The molecule has 264 valence electrons. The van der Waals surface area contributed by atoms with Crippen LogP contribution in [-0.4, -0.2) is 60.4 Å². The standard InChI is InChI=1S/C42H50N2O6/c1-2-50-42(35-27-44-36-24-14-13-23-34(35)36)40(45)38(46-26-16-6-15-25-43)37(47-28-31-17-7-3-8-18-31)39(48-29-32-19-9-4-10-20-32)41(42)49-30-33-21-11-5-12-22-33/h3-5,7-14,17-24,27,37-41,44-45H,2,6,15-16,25-26,28-30,43H2,1H3. The number of aromatic nitrogens is 1. The molecule has 6 unspecified atom stereocenters. The van der Waals surface area contributed by atoms with Gasteiger partial charge in [0.15, 0.2) is 5.60 Å². The number of hydrogen-bond donors (Lipinski definition) is 3. The van der Waals surface area contributed by atoms with Gasteiger partial charge in [0, 0.05) is 35.9 Å². The topological polar surface area (TPSA) is 108 Å². The van der Waals surface area contributed by atoms with Gasteiger partial charge in [0.2, 0.25) is 0 Å². The van der Waals surface area contributed by atoms with Crippen molar-refractivity contribution < 1.29 is 28.8 Å². The largest absolute Gasteiger partial charge is 0.387 e. The molecule has 8 nitrogen and oxygen atoms in total.